The molecule has 2 aromatic rings. The Kier molecular flexibility index (Phi) is 7.40. The van der Waals surface area contributed by atoms with Crippen molar-refractivity contribution >= 4 is 17.6 Å². The Morgan fingerprint density at radius 3 is 2.52 bits per heavy atom. The van der Waals surface area contributed by atoms with Crippen molar-refractivity contribution in [2.75, 3.05) is 26.8 Å². The first-order valence-corrected chi connectivity index (χ1v) is 11.6. The lowest BCUT2D eigenvalue weighted by atomic mass is 9.98. The van der Waals surface area contributed by atoms with E-state index < -0.39 is 0 Å². The number of nitrogens with zero attached hydrogens (tertiary/aromatic N) is 3. The molecule has 0 spiro atoms. The summed E-state index contributed by atoms with van der Waals surface area (Å²) in [6.45, 7) is 2.99. The minimum atomic E-state index is -0.373. The van der Waals surface area contributed by atoms with Crippen molar-refractivity contribution in [2.45, 2.75) is 44.7 Å². The van der Waals surface area contributed by atoms with Gasteiger partial charge in [-0.05, 0) is 49.6 Å². The summed E-state index contributed by atoms with van der Waals surface area (Å²) in [6.07, 6.45) is 3.27. The van der Waals surface area contributed by atoms with Crippen LogP contribution in [0.4, 0.5) is 0 Å². The molecular weight excluding hydrogens is 418 g/mol. The normalized spacial score (nSPS) is 20.9. The number of carbonyl (C=O) groups excluding carboxylic acids is 2. The molecule has 1 saturated heterocycles. The summed E-state index contributed by atoms with van der Waals surface area (Å²) >= 11 is 0. The van der Waals surface area contributed by atoms with Crippen molar-refractivity contribution in [3.8, 4) is 5.75 Å². The Morgan fingerprint density at radius 2 is 1.82 bits per heavy atom. The number of hydrogen-bond donors (Lipinski definition) is 0. The summed E-state index contributed by atoms with van der Waals surface area (Å²) < 4.78 is 10.6. The zero-order chi connectivity index (χ0) is 23.2. The molecular formula is C26H31N3O4. The average molecular weight is 450 g/mol. The van der Waals surface area contributed by atoms with Gasteiger partial charge >= 0.3 is 5.97 Å². The molecule has 2 aromatic carbocycles. The third-order valence-electron chi connectivity index (χ3n) is 6.28. The van der Waals surface area contributed by atoms with Crippen LogP contribution in [0.15, 0.2) is 59.7 Å². The Labute approximate surface area is 195 Å². The fraction of sp³-hybridized carbons (Fsp3) is 0.423. The SMILES string of the molecule is CCOC(=O)[C@H]1CCCCN1CC(=O)N1N=C(c2ccccc2)C[C@@H]1c1ccc(OC)cc1. The predicted octanol–water partition coefficient (Wildman–Crippen LogP) is 3.79. The molecule has 7 nitrogen and oxygen atoms in total. The standard InChI is InChI=1S/C26H31N3O4/c1-3-33-26(31)23-11-7-8-16-28(23)18-25(30)29-24(20-12-14-21(32-2)15-13-20)17-22(27-29)19-9-5-4-6-10-19/h4-6,9-10,12-15,23-24H,3,7-8,11,16-18H2,1-2H3/t23-,24-/m1/s1. The first kappa shape index (κ1) is 23.0. The molecule has 4 rings (SSSR count). The van der Waals surface area contributed by atoms with Crippen LogP contribution in [-0.2, 0) is 14.3 Å². The molecule has 33 heavy (non-hydrogen) atoms. The first-order valence-electron chi connectivity index (χ1n) is 11.6. The smallest absolute Gasteiger partial charge is 0.323 e. The van der Waals surface area contributed by atoms with Gasteiger partial charge in [0.1, 0.15) is 11.8 Å². The molecule has 2 aliphatic rings. The van der Waals surface area contributed by atoms with Crippen molar-refractivity contribution in [1.29, 1.82) is 0 Å². The third-order valence-corrected chi connectivity index (χ3v) is 6.28. The molecule has 174 valence electrons. The van der Waals surface area contributed by atoms with Gasteiger partial charge < -0.3 is 9.47 Å². The zero-order valence-corrected chi connectivity index (χ0v) is 19.3. The van der Waals surface area contributed by atoms with Crippen LogP contribution in [-0.4, -0.2) is 60.3 Å². The Morgan fingerprint density at radius 1 is 1.06 bits per heavy atom. The van der Waals surface area contributed by atoms with E-state index in [1.807, 2.05) is 59.5 Å². The Bertz CT molecular complexity index is 990. The molecule has 0 radical (unpaired) electrons. The van der Waals surface area contributed by atoms with Gasteiger partial charge in [0.05, 0.1) is 32.0 Å². The maximum Gasteiger partial charge on any atom is 0.323 e. The van der Waals surface area contributed by atoms with Crippen molar-refractivity contribution in [2.24, 2.45) is 5.10 Å². The van der Waals surface area contributed by atoms with E-state index in [4.69, 9.17) is 14.6 Å². The quantitative estimate of drug-likeness (QED) is 0.602. The monoisotopic (exact) mass is 449 g/mol. The number of hydrogen-bond acceptors (Lipinski definition) is 6. The molecule has 0 aliphatic carbocycles. The number of rotatable bonds is 7. The second kappa shape index (κ2) is 10.6. The lowest BCUT2D eigenvalue weighted by Gasteiger charge is -2.34. The van der Waals surface area contributed by atoms with E-state index in [0.29, 0.717) is 26.0 Å². The highest BCUT2D eigenvalue weighted by Gasteiger charge is 2.37. The number of piperidine rings is 1. The van der Waals surface area contributed by atoms with Crippen molar-refractivity contribution < 1.29 is 19.1 Å². The number of methoxy groups -OCH3 is 1. The first-order chi connectivity index (χ1) is 16.1. The number of benzene rings is 2. The fourth-order valence-electron chi connectivity index (χ4n) is 4.56. The van der Waals surface area contributed by atoms with E-state index in [2.05, 4.69) is 0 Å². The van der Waals surface area contributed by atoms with Crippen LogP contribution >= 0.6 is 0 Å². The van der Waals surface area contributed by atoms with E-state index in [1.165, 1.54) is 0 Å². The van der Waals surface area contributed by atoms with Crippen LogP contribution in [0.5, 0.6) is 5.75 Å². The third kappa shape index (κ3) is 5.25. The van der Waals surface area contributed by atoms with E-state index in [1.54, 1.807) is 19.0 Å². The maximum atomic E-state index is 13.5. The molecule has 0 N–H and O–H groups in total. The lowest BCUT2D eigenvalue weighted by Crippen LogP contribution is -2.49. The van der Waals surface area contributed by atoms with Gasteiger partial charge in [-0.25, -0.2) is 5.01 Å². The number of likely N-dealkylation sites (tertiary alicyclic amines) is 1. The topological polar surface area (TPSA) is 71.4 Å². The molecule has 7 heteroatoms. The van der Waals surface area contributed by atoms with Crippen LogP contribution in [0.3, 0.4) is 0 Å². The van der Waals surface area contributed by atoms with Crippen LogP contribution in [0.25, 0.3) is 0 Å². The Balaban J connectivity index is 1.58. The van der Waals surface area contributed by atoms with Crippen molar-refractivity contribution in [1.82, 2.24) is 9.91 Å². The van der Waals surface area contributed by atoms with Crippen LogP contribution in [0.2, 0.25) is 0 Å². The lowest BCUT2D eigenvalue weighted by molar-refractivity contribution is -0.152. The summed E-state index contributed by atoms with van der Waals surface area (Å²) in [5.74, 6) is 0.411. The van der Waals surface area contributed by atoms with Gasteiger partial charge in [0.15, 0.2) is 0 Å². The highest BCUT2D eigenvalue weighted by molar-refractivity contribution is 6.03. The molecule has 1 amide bonds. The fourth-order valence-corrected chi connectivity index (χ4v) is 4.56. The van der Waals surface area contributed by atoms with Gasteiger partial charge in [-0.1, -0.05) is 48.9 Å². The van der Waals surface area contributed by atoms with Gasteiger partial charge in [0, 0.05) is 6.42 Å². The van der Waals surface area contributed by atoms with Crippen LogP contribution in [0.1, 0.15) is 49.8 Å². The molecule has 2 heterocycles. The molecule has 0 unspecified atom stereocenters. The highest BCUT2D eigenvalue weighted by atomic mass is 16.5. The van der Waals surface area contributed by atoms with Gasteiger partial charge in [-0.15, -0.1) is 0 Å². The molecule has 0 saturated carbocycles. The van der Waals surface area contributed by atoms with Gasteiger partial charge in [-0.3, -0.25) is 14.5 Å². The molecule has 2 atom stereocenters. The summed E-state index contributed by atoms with van der Waals surface area (Å²) in [6, 6.07) is 17.1. The zero-order valence-electron chi connectivity index (χ0n) is 19.3. The van der Waals surface area contributed by atoms with E-state index in [9.17, 15) is 9.59 Å². The van der Waals surface area contributed by atoms with Crippen molar-refractivity contribution in [3.63, 3.8) is 0 Å². The molecule has 0 aromatic heterocycles. The maximum absolute atomic E-state index is 13.5. The van der Waals surface area contributed by atoms with Gasteiger partial charge in [0.25, 0.3) is 5.91 Å². The number of ether oxygens (including phenoxy) is 2. The largest absolute Gasteiger partial charge is 0.497 e. The highest BCUT2D eigenvalue weighted by Crippen LogP contribution is 2.34. The predicted molar refractivity (Wildman–Crippen MR) is 126 cm³/mol. The van der Waals surface area contributed by atoms with E-state index >= 15 is 0 Å². The number of hydrazone groups is 1. The summed E-state index contributed by atoms with van der Waals surface area (Å²) in [5, 5.41) is 6.35. The second-order valence-electron chi connectivity index (χ2n) is 8.38. The minimum Gasteiger partial charge on any atom is -0.497 e. The molecule has 2 aliphatic heterocycles. The number of amides is 1. The van der Waals surface area contributed by atoms with Crippen LogP contribution < -0.4 is 4.74 Å². The summed E-state index contributed by atoms with van der Waals surface area (Å²) in [4.78, 5) is 27.9. The molecule has 0 bridgehead atoms. The van der Waals surface area contributed by atoms with Gasteiger partial charge in [-0.2, -0.15) is 5.10 Å². The Hall–Kier alpha value is -3.19. The van der Waals surface area contributed by atoms with E-state index in [-0.39, 0.29) is 30.5 Å². The molecule has 1 fully saturated rings. The minimum absolute atomic E-state index is 0.113. The van der Waals surface area contributed by atoms with Crippen LogP contribution in [0, 0.1) is 0 Å². The van der Waals surface area contributed by atoms with E-state index in [0.717, 1.165) is 35.4 Å². The number of carbonyl (C=O) groups is 2. The van der Waals surface area contributed by atoms with Gasteiger partial charge in [0.2, 0.25) is 0 Å². The average Bonchev–Trinajstić information content (AvgIpc) is 3.31. The second-order valence-corrected chi connectivity index (χ2v) is 8.38. The summed E-state index contributed by atoms with van der Waals surface area (Å²) in [7, 11) is 1.63. The number of esters is 1. The van der Waals surface area contributed by atoms with Crippen molar-refractivity contribution in [3.05, 3.63) is 65.7 Å². The summed E-state index contributed by atoms with van der Waals surface area (Å²) in [5.41, 5.74) is 2.89.